The first-order valence-electron chi connectivity index (χ1n) is 6.90. The molecule has 0 aliphatic heterocycles. The van der Waals surface area contributed by atoms with E-state index in [4.69, 9.17) is 0 Å². The van der Waals surface area contributed by atoms with E-state index in [2.05, 4.69) is 24.1 Å². The van der Waals surface area contributed by atoms with Crippen LogP contribution in [0.1, 0.15) is 38.7 Å². The van der Waals surface area contributed by atoms with Crippen molar-refractivity contribution in [1.82, 2.24) is 4.98 Å². The summed E-state index contributed by atoms with van der Waals surface area (Å²) in [4.78, 5) is 14.5. The van der Waals surface area contributed by atoms with E-state index < -0.39 is 4.92 Å². The summed E-state index contributed by atoms with van der Waals surface area (Å²) in [5.41, 5.74) is 0.885. The van der Waals surface area contributed by atoms with Crippen molar-refractivity contribution in [2.75, 3.05) is 5.32 Å². The molecule has 1 N–H and O–H groups in total. The van der Waals surface area contributed by atoms with Gasteiger partial charge >= 0.3 is 0 Å². The molecule has 2 rings (SSSR count). The lowest BCUT2D eigenvalue weighted by molar-refractivity contribution is -0.385. The van der Waals surface area contributed by atoms with Gasteiger partial charge in [0.1, 0.15) is 12.0 Å². The molecule has 5 nitrogen and oxygen atoms in total. The van der Waals surface area contributed by atoms with Gasteiger partial charge in [0.25, 0.3) is 5.69 Å². The van der Waals surface area contributed by atoms with Crippen molar-refractivity contribution < 1.29 is 4.92 Å². The maximum absolute atomic E-state index is 10.7. The van der Waals surface area contributed by atoms with Crippen LogP contribution in [0.3, 0.4) is 0 Å². The third kappa shape index (κ3) is 2.85. The zero-order chi connectivity index (χ0) is 14.0. The molecule has 5 heteroatoms. The molecule has 0 radical (unpaired) electrons. The summed E-state index contributed by atoms with van der Waals surface area (Å²) < 4.78 is 0. The lowest BCUT2D eigenvalue weighted by Crippen LogP contribution is -2.25. The minimum Gasteiger partial charge on any atom is -0.367 e. The first-order valence-corrected chi connectivity index (χ1v) is 6.90. The lowest BCUT2D eigenvalue weighted by Gasteiger charge is -2.22. The Kier molecular flexibility index (Phi) is 4.02. The molecular formula is C14H21N3O2. The Bertz CT molecular complexity index is 476. The summed E-state index contributed by atoms with van der Waals surface area (Å²) in [5, 5.41) is 14.1. The average molecular weight is 263 g/mol. The van der Waals surface area contributed by atoms with Gasteiger partial charge in [0.05, 0.1) is 4.92 Å². The zero-order valence-corrected chi connectivity index (χ0v) is 11.7. The first-order chi connectivity index (χ1) is 9.02. The Morgan fingerprint density at radius 3 is 2.79 bits per heavy atom. The Labute approximate surface area is 113 Å². The van der Waals surface area contributed by atoms with E-state index in [9.17, 15) is 10.1 Å². The number of nitrogens with one attached hydrogen (secondary N) is 1. The van der Waals surface area contributed by atoms with Crippen LogP contribution in [0, 0.1) is 28.9 Å². The zero-order valence-electron chi connectivity index (χ0n) is 11.7. The Hall–Kier alpha value is -1.65. The van der Waals surface area contributed by atoms with Gasteiger partial charge < -0.3 is 5.32 Å². The van der Waals surface area contributed by atoms with Crippen molar-refractivity contribution in [2.24, 2.45) is 11.8 Å². The number of nitro groups is 1. The van der Waals surface area contributed by atoms with Crippen molar-refractivity contribution >= 4 is 11.5 Å². The van der Waals surface area contributed by atoms with E-state index >= 15 is 0 Å². The summed E-state index contributed by atoms with van der Waals surface area (Å²) in [6, 6.07) is 2.00. The molecule has 1 aliphatic carbocycles. The third-order valence-corrected chi connectivity index (χ3v) is 4.35. The molecule has 1 fully saturated rings. The molecule has 1 aliphatic rings. The fraction of sp³-hybridized carbons (Fsp3) is 0.643. The van der Waals surface area contributed by atoms with E-state index in [0.29, 0.717) is 12.0 Å². The van der Waals surface area contributed by atoms with Crippen LogP contribution >= 0.6 is 0 Å². The van der Waals surface area contributed by atoms with Crippen LogP contribution in [0.2, 0.25) is 0 Å². The largest absolute Gasteiger partial charge is 0.367 e. The second-order valence-corrected chi connectivity index (χ2v) is 5.47. The van der Waals surface area contributed by atoms with Crippen molar-refractivity contribution in [2.45, 2.75) is 46.1 Å². The van der Waals surface area contributed by atoms with Gasteiger partial charge in [-0.05, 0) is 37.2 Å². The van der Waals surface area contributed by atoms with Crippen LogP contribution in [0.15, 0.2) is 12.3 Å². The van der Waals surface area contributed by atoms with Gasteiger partial charge in [-0.3, -0.25) is 10.1 Å². The summed E-state index contributed by atoms with van der Waals surface area (Å²) >= 11 is 0. The number of nitrogens with zero attached hydrogens (tertiary/aromatic N) is 2. The molecule has 0 spiro atoms. The topological polar surface area (TPSA) is 68.1 Å². The molecular weight excluding hydrogens is 242 g/mol. The minimum atomic E-state index is -0.408. The molecule has 19 heavy (non-hydrogen) atoms. The normalized spacial score (nSPS) is 26.4. The predicted molar refractivity (Wildman–Crippen MR) is 75.2 cm³/mol. The second-order valence-electron chi connectivity index (χ2n) is 5.47. The van der Waals surface area contributed by atoms with Gasteiger partial charge in [-0.25, -0.2) is 4.98 Å². The summed E-state index contributed by atoms with van der Waals surface area (Å²) in [7, 11) is 0. The van der Waals surface area contributed by atoms with Crippen molar-refractivity contribution in [3.05, 3.63) is 27.9 Å². The van der Waals surface area contributed by atoms with Crippen LogP contribution in [-0.2, 0) is 0 Å². The Morgan fingerprint density at radius 1 is 1.53 bits per heavy atom. The molecule has 0 bridgehead atoms. The monoisotopic (exact) mass is 263 g/mol. The fourth-order valence-electron chi connectivity index (χ4n) is 3.01. The highest BCUT2D eigenvalue weighted by molar-refractivity contribution is 5.49. The van der Waals surface area contributed by atoms with Crippen molar-refractivity contribution in [1.29, 1.82) is 0 Å². The highest BCUT2D eigenvalue weighted by atomic mass is 16.6. The summed E-state index contributed by atoms with van der Waals surface area (Å²) in [6.45, 7) is 6.37. The fourth-order valence-corrected chi connectivity index (χ4v) is 3.01. The molecule has 1 heterocycles. The van der Waals surface area contributed by atoms with E-state index in [1.165, 1.54) is 19.0 Å². The minimum absolute atomic E-state index is 0.0500. The number of aryl methyl sites for hydroxylation is 1. The number of aromatic nitrogens is 1. The quantitative estimate of drug-likeness (QED) is 0.666. The summed E-state index contributed by atoms with van der Waals surface area (Å²) in [5.74, 6) is 2.18. The first kappa shape index (κ1) is 13.8. The van der Waals surface area contributed by atoms with Gasteiger partial charge in [-0.2, -0.15) is 0 Å². The molecule has 0 amide bonds. The van der Waals surface area contributed by atoms with Crippen LogP contribution < -0.4 is 5.32 Å². The Morgan fingerprint density at radius 2 is 2.26 bits per heavy atom. The molecule has 0 saturated heterocycles. The van der Waals surface area contributed by atoms with Gasteiger partial charge in [0, 0.05) is 12.1 Å². The van der Waals surface area contributed by atoms with Crippen molar-refractivity contribution in [3.8, 4) is 0 Å². The standard InChI is InChI=1S/C14H21N3O2/c1-4-11-5-6-13(10(11)3)16-14-9(2)7-12(8-15-14)17(18)19/h7-8,10-11,13H,4-6H2,1-3H3,(H,15,16). The van der Waals surface area contributed by atoms with E-state index in [1.807, 2.05) is 6.92 Å². The number of hydrogen-bond donors (Lipinski definition) is 1. The molecule has 104 valence electrons. The number of rotatable bonds is 4. The smallest absolute Gasteiger partial charge is 0.287 e. The highest BCUT2D eigenvalue weighted by Gasteiger charge is 2.31. The second kappa shape index (κ2) is 5.55. The van der Waals surface area contributed by atoms with E-state index in [0.717, 1.165) is 23.7 Å². The maximum atomic E-state index is 10.7. The Balaban J connectivity index is 2.10. The van der Waals surface area contributed by atoms with Crippen molar-refractivity contribution in [3.63, 3.8) is 0 Å². The molecule has 3 unspecified atom stereocenters. The van der Waals surface area contributed by atoms with E-state index in [1.54, 1.807) is 6.07 Å². The van der Waals surface area contributed by atoms with Crippen LogP contribution in [0.25, 0.3) is 0 Å². The van der Waals surface area contributed by atoms with Gasteiger partial charge in [-0.1, -0.05) is 20.3 Å². The van der Waals surface area contributed by atoms with Crippen LogP contribution in [-0.4, -0.2) is 15.9 Å². The van der Waals surface area contributed by atoms with Gasteiger partial charge in [0.15, 0.2) is 0 Å². The van der Waals surface area contributed by atoms with Gasteiger partial charge in [0.2, 0.25) is 0 Å². The molecule has 0 aromatic carbocycles. The van der Waals surface area contributed by atoms with Crippen LogP contribution in [0.4, 0.5) is 11.5 Å². The number of anilines is 1. The SMILES string of the molecule is CCC1CCC(Nc2ncc([N+](=O)[O-])cc2C)C1C. The number of pyridine rings is 1. The summed E-state index contributed by atoms with van der Waals surface area (Å²) in [6.07, 6.45) is 4.94. The molecule has 1 saturated carbocycles. The number of hydrogen-bond acceptors (Lipinski definition) is 4. The molecule has 1 aromatic rings. The average Bonchev–Trinajstić information content (AvgIpc) is 2.72. The third-order valence-electron chi connectivity index (χ3n) is 4.35. The van der Waals surface area contributed by atoms with Gasteiger partial charge in [-0.15, -0.1) is 0 Å². The maximum Gasteiger partial charge on any atom is 0.287 e. The lowest BCUT2D eigenvalue weighted by atomic mass is 9.93. The van der Waals surface area contributed by atoms with Crippen LogP contribution in [0.5, 0.6) is 0 Å². The van der Waals surface area contributed by atoms with E-state index in [-0.39, 0.29) is 5.69 Å². The molecule has 3 atom stereocenters. The molecule has 1 aromatic heterocycles. The highest BCUT2D eigenvalue weighted by Crippen LogP contribution is 2.35. The predicted octanol–water partition coefficient (Wildman–Crippen LogP) is 3.53.